The molecule has 1 saturated heterocycles. The molecule has 4 N–H and O–H groups in total. The highest BCUT2D eigenvalue weighted by atomic mass is 35.5. The number of benzene rings is 2. The maximum atomic E-state index is 12.8. The minimum absolute atomic E-state index is 0.212. The van der Waals surface area contributed by atoms with Gasteiger partial charge in [0.1, 0.15) is 6.04 Å². The molecule has 0 aromatic heterocycles. The number of carbonyl (C=O) groups excluding carboxylic acids is 2. The van der Waals surface area contributed by atoms with Crippen molar-refractivity contribution in [2.24, 2.45) is 5.92 Å². The Labute approximate surface area is 170 Å². The van der Waals surface area contributed by atoms with E-state index >= 15 is 0 Å². The fourth-order valence-electron chi connectivity index (χ4n) is 3.21. The highest BCUT2D eigenvalue weighted by Gasteiger charge is 2.24. The van der Waals surface area contributed by atoms with Crippen molar-refractivity contribution in [3.63, 3.8) is 0 Å². The summed E-state index contributed by atoms with van der Waals surface area (Å²) in [5.41, 5.74) is 1.33. The number of hydrogen-bond acceptors (Lipinski definition) is 3. The summed E-state index contributed by atoms with van der Waals surface area (Å²) in [5.74, 6) is 0.250. The molecule has 1 aliphatic heterocycles. The number of urea groups is 1. The van der Waals surface area contributed by atoms with Crippen molar-refractivity contribution in [3.8, 4) is 0 Å². The van der Waals surface area contributed by atoms with Gasteiger partial charge in [0.05, 0.1) is 0 Å². The van der Waals surface area contributed by atoms with Gasteiger partial charge in [0.25, 0.3) is 0 Å². The van der Waals surface area contributed by atoms with Crippen LogP contribution in [0.5, 0.6) is 0 Å². The molecule has 2 aromatic rings. The molecular weight excluding hydrogens is 376 g/mol. The maximum Gasteiger partial charge on any atom is 0.320 e. The van der Waals surface area contributed by atoms with E-state index in [0.29, 0.717) is 23.2 Å². The number of hydrogen-bond donors (Lipinski definition) is 4. The van der Waals surface area contributed by atoms with Gasteiger partial charge >= 0.3 is 6.03 Å². The van der Waals surface area contributed by atoms with Crippen molar-refractivity contribution in [2.45, 2.75) is 18.9 Å². The third-order valence-electron chi connectivity index (χ3n) is 4.80. The lowest BCUT2D eigenvalue weighted by Crippen LogP contribution is -2.44. The zero-order chi connectivity index (χ0) is 19.8. The number of carbonyl (C=O) groups is 2. The molecule has 7 heteroatoms. The SMILES string of the molecule is O=C(Nc1ccc(Cl)cc1)NC(C(=O)NCC1CCNCC1)c1ccccc1. The lowest BCUT2D eigenvalue weighted by molar-refractivity contribution is -0.123. The van der Waals surface area contributed by atoms with Crippen molar-refractivity contribution in [1.82, 2.24) is 16.0 Å². The highest BCUT2D eigenvalue weighted by molar-refractivity contribution is 6.30. The predicted octanol–water partition coefficient (Wildman–Crippen LogP) is 3.32. The van der Waals surface area contributed by atoms with E-state index < -0.39 is 12.1 Å². The Kier molecular flexibility index (Phi) is 7.28. The molecular formula is C21H25ClN4O2. The van der Waals surface area contributed by atoms with Crippen LogP contribution in [0.25, 0.3) is 0 Å². The third-order valence-corrected chi connectivity index (χ3v) is 5.05. The molecule has 148 valence electrons. The van der Waals surface area contributed by atoms with Gasteiger partial charge in [0, 0.05) is 17.3 Å². The smallest absolute Gasteiger partial charge is 0.320 e. The van der Waals surface area contributed by atoms with Gasteiger partial charge in [0.2, 0.25) is 5.91 Å². The standard InChI is InChI=1S/C21H25ClN4O2/c22-17-6-8-18(9-7-17)25-21(28)26-19(16-4-2-1-3-5-16)20(27)24-14-15-10-12-23-13-11-15/h1-9,15,19,23H,10-14H2,(H,24,27)(H2,25,26,28). The minimum Gasteiger partial charge on any atom is -0.354 e. The first-order valence-electron chi connectivity index (χ1n) is 9.48. The molecule has 6 nitrogen and oxygen atoms in total. The van der Waals surface area contributed by atoms with Crippen molar-refractivity contribution < 1.29 is 9.59 Å². The highest BCUT2D eigenvalue weighted by Crippen LogP contribution is 2.16. The number of rotatable bonds is 6. The van der Waals surface area contributed by atoms with E-state index in [9.17, 15) is 9.59 Å². The largest absolute Gasteiger partial charge is 0.354 e. The summed E-state index contributed by atoms with van der Waals surface area (Å²) >= 11 is 5.87. The van der Waals surface area contributed by atoms with Crippen molar-refractivity contribution >= 4 is 29.2 Å². The molecule has 0 radical (unpaired) electrons. The maximum absolute atomic E-state index is 12.8. The normalized spacial score (nSPS) is 15.5. The molecule has 1 aliphatic rings. The summed E-state index contributed by atoms with van der Waals surface area (Å²) in [4.78, 5) is 25.3. The van der Waals surface area contributed by atoms with E-state index in [4.69, 9.17) is 11.6 Å². The van der Waals surface area contributed by atoms with Crippen molar-refractivity contribution in [3.05, 3.63) is 65.2 Å². The van der Waals surface area contributed by atoms with Crippen LogP contribution in [-0.2, 0) is 4.79 Å². The molecule has 2 aromatic carbocycles. The molecule has 1 heterocycles. The Hall–Kier alpha value is -2.57. The quantitative estimate of drug-likeness (QED) is 0.600. The number of nitrogens with one attached hydrogen (secondary N) is 4. The summed E-state index contributed by atoms with van der Waals surface area (Å²) in [6, 6.07) is 14.8. The number of piperidine rings is 1. The Balaban J connectivity index is 1.63. The second-order valence-corrected chi connectivity index (χ2v) is 7.32. The third kappa shape index (κ3) is 5.97. The average molecular weight is 401 g/mol. The van der Waals surface area contributed by atoms with E-state index in [2.05, 4.69) is 21.3 Å². The first kappa shape index (κ1) is 20.2. The lowest BCUT2D eigenvalue weighted by atomic mass is 9.98. The second-order valence-electron chi connectivity index (χ2n) is 6.89. The molecule has 0 bridgehead atoms. The number of halogens is 1. The predicted molar refractivity (Wildman–Crippen MR) is 111 cm³/mol. The van der Waals surface area contributed by atoms with E-state index in [1.807, 2.05) is 30.3 Å². The van der Waals surface area contributed by atoms with E-state index in [1.54, 1.807) is 24.3 Å². The minimum atomic E-state index is -0.768. The zero-order valence-electron chi connectivity index (χ0n) is 15.6. The fourth-order valence-corrected chi connectivity index (χ4v) is 3.34. The summed E-state index contributed by atoms with van der Waals surface area (Å²) in [6.45, 7) is 2.57. The summed E-state index contributed by atoms with van der Waals surface area (Å²) in [7, 11) is 0. The second kappa shape index (κ2) is 10.1. The van der Waals surface area contributed by atoms with Crippen molar-refractivity contribution in [2.75, 3.05) is 25.0 Å². The zero-order valence-corrected chi connectivity index (χ0v) is 16.3. The Morgan fingerprint density at radius 1 is 1.04 bits per heavy atom. The van der Waals surface area contributed by atoms with E-state index in [-0.39, 0.29) is 5.91 Å². The first-order chi connectivity index (χ1) is 13.6. The Morgan fingerprint density at radius 3 is 2.39 bits per heavy atom. The van der Waals surface area contributed by atoms with Crippen LogP contribution in [0.1, 0.15) is 24.4 Å². The van der Waals surface area contributed by atoms with Gasteiger partial charge < -0.3 is 21.3 Å². The van der Waals surface area contributed by atoms with Crippen LogP contribution in [-0.4, -0.2) is 31.6 Å². The van der Waals surface area contributed by atoms with Crippen LogP contribution >= 0.6 is 11.6 Å². The summed E-state index contributed by atoms with van der Waals surface area (Å²) in [6.07, 6.45) is 2.08. The lowest BCUT2D eigenvalue weighted by Gasteiger charge is -2.24. The Bertz CT molecular complexity index is 777. The van der Waals surface area contributed by atoms with Crippen LogP contribution in [0.2, 0.25) is 5.02 Å². The average Bonchev–Trinajstić information content (AvgIpc) is 2.73. The number of anilines is 1. The topological polar surface area (TPSA) is 82.3 Å². The summed E-state index contributed by atoms with van der Waals surface area (Å²) < 4.78 is 0. The van der Waals surface area contributed by atoms with Crippen molar-refractivity contribution in [1.29, 1.82) is 0 Å². The monoisotopic (exact) mass is 400 g/mol. The molecule has 1 atom stereocenters. The van der Waals surface area contributed by atoms with Gasteiger partial charge in [-0.05, 0) is 61.7 Å². The number of amides is 3. The Morgan fingerprint density at radius 2 is 1.71 bits per heavy atom. The van der Waals surface area contributed by atoms with E-state index in [0.717, 1.165) is 31.5 Å². The molecule has 0 aliphatic carbocycles. The first-order valence-corrected chi connectivity index (χ1v) is 9.86. The van der Waals surface area contributed by atoms with Crippen LogP contribution in [0.4, 0.5) is 10.5 Å². The summed E-state index contributed by atoms with van der Waals surface area (Å²) in [5, 5.41) is 12.4. The van der Waals surface area contributed by atoms with Gasteiger partial charge in [-0.25, -0.2) is 4.79 Å². The molecule has 3 rings (SSSR count). The van der Waals surface area contributed by atoms with Gasteiger partial charge in [-0.3, -0.25) is 4.79 Å². The molecule has 0 saturated carbocycles. The van der Waals surface area contributed by atoms with Crippen LogP contribution in [0.3, 0.4) is 0 Å². The van der Waals surface area contributed by atoms with Gasteiger partial charge in [-0.15, -0.1) is 0 Å². The van der Waals surface area contributed by atoms with Gasteiger partial charge in [-0.1, -0.05) is 41.9 Å². The molecule has 1 unspecified atom stereocenters. The van der Waals surface area contributed by atoms with Crippen LogP contribution in [0, 0.1) is 5.92 Å². The fraction of sp³-hybridized carbons (Fsp3) is 0.333. The van der Waals surface area contributed by atoms with E-state index in [1.165, 1.54) is 0 Å². The molecule has 28 heavy (non-hydrogen) atoms. The molecule has 3 amide bonds. The van der Waals surface area contributed by atoms with Gasteiger partial charge in [-0.2, -0.15) is 0 Å². The van der Waals surface area contributed by atoms with Crippen LogP contribution in [0.15, 0.2) is 54.6 Å². The van der Waals surface area contributed by atoms with Gasteiger partial charge in [0.15, 0.2) is 0 Å². The molecule has 1 fully saturated rings. The molecule has 0 spiro atoms. The van der Waals surface area contributed by atoms with Crippen LogP contribution < -0.4 is 21.3 Å².